The van der Waals surface area contributed by atoms with Gasteiger partial charge in [-0.05, 0) is 12.1 Å². The topological polar surface area (TPSA) is 42.2 Å². The summed E-state index contributed by atoms with van der Waals surface area (Å²) in [5.41, 5.74) is 0.517. The molecule has 0 aliphatic carbocycles. The first kappa shape index (κ1) is 9.60. The molecule has 2 rings (SSSR count). The normalized spacial score (nSPS) is 17.9. The van der Waals surface area contributed by atoms with E-state index in [0.29, 0.717) is 18.6 Å². The molecule has 3 nitrogen and oxygen atoms in total. The number of hydrogen-bond donors (Lipinski definition) is 0. The van der Waals surface area contributed by atoms with E-state index in [1.165, 1.54) is 0 Å². The van der Waals surface area contributed by atoms with Crippen LogP contribution in [-0.2, 0) is 0 Å². The summed E-state index contributed by atoms with van der Waals surface area (Å²) in [5, 5.41) is 8.61. The Bertz CT molecular complexity index is 420. The molecule has 1 aromatic rings. The maximum Gasteiger partial charge on any atom is 0.161 e. The van der Waals surface area contributed by atoms with Gasteiger partial charge in [-0.1, -0.05) is 18.7 Å². The van der Waals surface area contributed by atoms with Crippen LogP contribution in [0.3, 0.4) is 0 Å². The fraction of sp³-hybridized carbons (Fsp3) is 0.250. The maximum absolute atomic E-state index is 8.61. The van der Waals surface area contributed by atoms with Crippen LogP contribution in [0.25, 0.3) is 0 Å². The van der Waals surface area contributed by atoms with Crippen LogP contribution in [0.1, 0.15) is 6.42 Å². The first-order valence-electron chi connectivity index (χ1n) is 4.76. The summed E-state index contributed by atoms with van der Waals surface area (Å²) in [6.45, 7) is 4.10. The highest BCUT2D eigenvalue weighted by atomic mass is 16.6. The summed E-state index contributed by atoms with van der Waals surface area (Å²) in [6.07, 6.45) is 0.414. The van der Waals surface area contributed by atoms with Crippen molar-refractivity contribution < 1.29 is 9.47 Å². The van der Waals surface area contributed by atoms with Crippen LogP contribution in [0.2, 0.25) is 0 Å². The number of ether oxygens (including phenoxy) is 2. The van der Waals surface area contributed by atoms with Crippen molar-refractivity contribution in [2.75, 3.05) is 6.61 Å². The second kappa shape index (κ2) is 4.05. The summed E-state index contributed by atoms with van der Waals surface area (Å²) in [4.78, 5) is 0. The number of benzene rings is 1. The molecule has 0 aromatic heterocycles. The van der Waals surface area contributed by atoms with Gasteiger partial charge in [-0.25, -0.2) is 0 Å². The minimum Gasteiger partial charge on any atom is -0.486 e. The predicted octanol–water partition coefficient (Wildman–Crippen LogP) is 2.30. The van der Waals surface area contributed by atoms with Crippen LogP contribution in [0.4, 0.5) is 0 Å². The standard InChI is InChI=1S/C12H11NO2/c1-9(7-13)6-10-8-14-11-4-2-3-5-12(11)15-10/h2-5,10H,1,6,8H2/t10-/m0/s1. The molecule has 0 saturated heterocycles. The molecule has 1 heterocycles. The Balaban J connectivity index is 2.06. The average molecular weight is 201 g/mol. The van der Waals surface area contributed by atoms with Gasteiger partial charge in [0.1, 0.15) is 12.7 Å². The van der Waals surface area contributed by atoms with E-state index < -0.39 is 0 Å². The van der Waals surface area contributed by atoms with Crippen LogP contribution >= 0.6 is 0 Å². The summed E-state index contributed by atoms with van der Waals surface area (Å²) < 4.78 is 11.2. The minimum atomic E-state index is -0.105. The zero-order valence-corrected chi connectivity index (χ0v) is 8.27. The lowest BCUT2D eigenvalue weighted by atomic mass is 10.1. The van der Waals surface area contributed by atoms with E-state index in [1.54, 1.807) is 0 Å². The maximum atomic E-state index is 8.61. The van der Waals surface area contributed by atoms with Gasteiger partial charge in [0.15, 0.2) is 11.5 Å². The van der Waals surface area contributed by atoms with Crippen LogP contribution < -0.4 is 9.47 Å². The van der Waals surface area contributed by atoms with E-state index in [0.717, 1.165) is 11.5 Å². The monoisotopic (exact) mass is 201 g/mol. The smallest absolute Gasteiger partial charge is 0.161 e. The van der Waals surface area contributed by atoms with E-state index >= 15 is 0 Å². The van der Waals surface area contributed by atoms with Crippen molar-refractivity contribution in [3.05, 3.63) is 36.4 Å². The van der Waals surface area contributed by atoms with E-state index in [4.69, 9.17) is 14.7 Å². The van der Waals surface area contributed by atoms with E-state index in [1.807, 2.05) is 30.3 Å². The molecule has 0 unspecified atom stereocenters. The Morgan fingerprint density at radius 3 is 2.93 bits per heavy atom. The summed E-state index contributed by atoms with van der Waals surface area (Å²) in [7, 11) is 0. The van der Waals surface area contributed by atoms with Crippen molar-refractivity contribution in [1.29, 1.82) is 5.26 Å². The molecule has 0 radical (unpaired) electrons. The van der Waals surface area contributed by atoms with Gasteiger partial charge in [-0.3, -0.25) is 0 Å². The highest BCUT2D eigenvalue weighted by Crippen LogP contribution is 2.31. The summed E-state index contributed by atoms with van der Waals surface area (Å²) in [5.74, 6) is 1.50. The third-order valence-electron chi connectivity index (χ3n) is 2.20. The molecule has 0 spiro atoms. The van der Waals surface area contributed by atoms with E-state index in [-0.39, 0.29) is 6.10 Å². The molecule has 0 fully saturated rings. The number of fused-ring (bicyclic) bond motifs is 1. The number of para-hydroxylation sites is 2. The number of nitrogens with zero attached hydrogens (tertiary/aromatic N) is 1. The molecule has 0 N–H and O–H groups in total. The minimum absolute atomic E-state index is 0.105. The van der Waals surface area contributed by atoms with Gasteiger partial charge >= 0.3 is 0 Å². The Kier molecular flexibility index (Phi) is 2.59. The number of nitriles is 1. The lowest BCUT2D eigenvalue weighted by molar-refractivity contribution is 0.0920. The Morgan fingerprint density at radius 1 is 1.47 bits per heavy atom. The van der Waals surface area contributed by atoms with Gasteiger partial charge < -0.3 is 9.47 Å². The molecule has 0 amide bonds. The molecule has 1 aliphatic rings. The predicted molar refractivity (Wildman–Crippen MR) is 55.7 cm³/mol. The molecule has 3 heteroatoms. The van der Waals surface area contributed by atoms with Crippen molar-refractivity contribution in [2.24, 2.45) is 0 Å². The van der Waals surface area contributed by atoms with Crippen molar-refractivity contribution in [2.45, 2.75) is 12.5 Å². The molecule has 1 aromatic carbocycles. The van der Waals surface area contributed by atoms with Crippen LogP contribution in [0, 0.1) is 11.3 Å². The lowest BCUT2D eigenvalue weighted by Gasteiger charge is -2.26. The van der Waals surface area contributed by atoms with E-state index in [2.05, 4.69) is 6.58 Å². The van der Waals surface area contributed by atoms with E-state index in [9.17, 15) is 0 Å². The fourth-order valence-corrected chi connectivity index (χ4v) is 1.48. The van der Waals surface area contributed by atoms with Gasteiger partial charge in [0.25, 0.3) is 0 Å². The van der Waals surface area contributed by atoms with Crippen molar-refractivity contribution in [3.8, 4) is 17.6 Å². The van der Waals surface area contributed by atoms with Gasteiger partial charge in [0.2, 0.25) is 0 Å². The third kappa shape index (κ3) is 2.10. The Hall–Kier alpha value is -1.95. The number of rotatable bonds is 2. The van der Waals surface area contributed by atoms with Gasteiger partial charge in [0.05, 0.1) is 6.07 Å². The molecule has 15 heavy (non-hydrogen) atoms. The molecule has 1 atom stereocenters. The summed E-state index contributed by atoms with van der Waals surface area (Å²) in [6, 6.07) is 9.52. The second-order valence-corrected chi connectivity index (χ2v) is 3.42. The largest absolute Gasteiger partial charge is 0.486 e. The Labute approximate surface area is 88.5 Å². The quantitative estimate of drug-likeness (QED) is 0.689. The first-order chi connectivity index (χ1) is 7.29. The highest BCUT2D eigenvalue weighted by Gasteiger charge is 2.20. The molecule has 0 bridgehead atoms. The molecular formula is C12H11NO2. The first-order valence-corrected chi connectivity index (χ1v) is 4.76. The molecule has 1 aliphatic heterocycles. The fourth-order valence-electron chi connectivity index (χ4n) is 1.48. The number of hydrogen-bond acceptors (Lipinski definition) is 3. The van der Waals surface area contributed by atoms with Gasteiger partial charge in [-0.2, -0.15) is 5.26 Å². The zero-order chi connectivity index (χ0) is 10.7. The highest BCUT2D eigenvalue weighted by molar-refractivity contribution is 5.40. The lowest BCUT2D eigenvalue weighted by Crippen LogP contribution is -2.29. The second-order valence-electron chi connectivity index (χ2n) is 3.42. The molecular weight excluding hydrogens is 190 g/mol. The summed E-state index contributed by atoms with van der Waals surface area (Å²) >= 11 is 0. The van der Waals surface area contributed by atoms with Crippen molar-refractivity contribution >= 4 is 0 Å². The Morgan fingerprint density at radius 2 is 2.20 bits per heavy atom. The average Bonchev–Trinajstić information content (AvgIpc) is 2.29. The van der Waals surface area contributed by atoms with Gasteiger partial charge in [0, 0.05) is 12.0 Å². The van der Waals surface area contributed by atoms with Crippen LogP contribution in [0.5, 0.6) is 11.5 Å². The SMILES string of the molecule is C=C(C#N)C[C@H]1COc2ccccc2O1. The third-order valence-corrected chi connectivity index (χ3v) is 2.20. The molecule has 76 valence electrons. The van der Waals surface area contributed by atoms with Crippen LogP contribution in [-0.4, -0.2) is 12.7 Å². The van der Waals surface area contributed by atoms with Crippen molar-refractivity contribution in [1.82, 2.24) is 0 Å². The van der Waals surface area contributed by atoms with Gasteiger partial charge in [-0.15, -0.1) is 0 Å². The van der Waals surface area contributed by atoms with Crippen molar-refractivity contribution in [3.63, 3.8) is 0 Å². The molecule has 0 saturated carbocycles. The van der Waals surface area contributed by atoms with Crippen LogP contribution in [0.15, 0.2) is 36.4 Å². The zero-order valence-electron chi connectivity index (χ0n) is 8.27.